The molecule has 128 valence electrons. The molecule has 0 aliphatic carbocycles. The van der Waals surface area contributed by atoms with Crippen molar-refractivity contribution in [2.75, 3.05) is 32.1 Å². The number of urea groups is 1. The highest BCUT2D eigenvalue weighted by atomic mass is 16.5. The fourth-order valence-corrected chi connectivity index (χ4v) is 3.10. The predicted octanol–water partition coefficient (Wildman–Crippen LogP) is 3.33. The van der Waals surface area contributed by atoms with Crippen LogP contribution in [0, 0.1) is 5.92 Å². The summed E-state index contributed by atoms with van der Waals surface area (Å²) in [5.74, 6) is 1.36. The van der Waals surface area contributed by atoms with Crippen LogP contribution in [0.1, 0.15) is 33.1 Å². The van der Waals surface area contributed by atoms with Crippen LogP contribution in [0.25, 0.3) is 0 Å². The first kappa shape index (κ1) is 17.6. The van der Waals surface area contributed by atoms with Crippen LogP contribution in [0.4, 0.5) is 10.5 Å². The van der Waals surface area contributed by atoms with Crippen LogP contribution in [-0.4, -0.2) is 43.7 Å². The highest BCUT2D eigenvalue weighted by molar-refractivity contribution is 5.89. The van der Waals surface area contributed by atoms with Gasteiger partial charge in [0.05, 0.1) is 7.11 Å². The van der Waals surface area contributed by atoms with Gasteiger partial charge in [-0.25, -0.2) is 4.79 Å². The van der Waals surface area contributed by atoms with Gasteiger partial charge in [0.25, 0.3) is 0 Å². The lowest BCUT2D eigenvalue weighted by atomic mass is 10.0. The second kappa shape index (κ2) is 8.77. The molecule has 1 aliphatic rings. The van der Waals surface area contributed by atoms with E-state index in [0.717, 1.165) is 30.9 Å². The molecule has 1 aliphatic heterocycles. The van der Waals surface area contributed by atoms with Gasteiger partial charge in [-0.05, 0) is 50.4 Å². The summed E-state index contributed by atoms with van der Waals surface area (Å²) < 4.78 is 5.17. The van der Waals surface area contributed by atoms with Gasteiger partial charge in [0.2, 0.25) is 0 Å². The van der Waals surface area contributed by atoms with Crippen molar-refractivity contribution in [1.29, 1.82) is 0 Å². The Labute approximate surface area is 139 Å². The first-order valence-electron chi connectivity index (χ1n) is 8.51. The largest absolute Gasteiger partial charge is 0.497 e. The standard InChI is InChI=1S/C18H29N3O2/c1-14(2)11-16(21-9-4-5-10-21)13-19-18(22)20-15-7-6-8-17(12-15)23-3/h6-8,12,14,16H,4-5,9-11,13H2,1-3H3,(H2,19,20,22)/t16-/m0/s1. The maximum atomic E-state index is 12.1. The normalized spacial score (nSPS) is 16.3. The number of carbonyl (C=O) groups excluding carboxylic acids is 1. The zero-order valence-electron chi connectivity index (χ0n) is 14.5. The minimum absolute atomic E-state index is 0.161. The van der Waals surface area contributed by atoms with Gasteiger partial charge in [0.15, 0.2) is 0 Å². The first-order valence-corrected chi connectivity index (χ1v) is 8.51. The third kappa shape index (κ3) is 5.75. The van der Waals surface area contributed by atoms with Gasteiger partial charge in [-0.3, -0.25) is 4.90 Å². The topological polar surface area (TPSA) is 53.6 Å². The maximum Gasteiger partial charge on any atom is 0.319 e. The van der Waals surface area contributed by atoms with E-state index in [2.05, 4.69) is 29.4 Å². The van der Waals surface area contributed by atoms with E-state index in [4.69, 9.17) is 4.74 Å². The van der Waals surface area contributed by atoms with Crippen molar-refractivity contribution >= 4 is 11.7 Å². The summed E-state index contributed by atoms with van der Waals surface area (Å²) >= 11 is 0. The highest BCUT2D eigenvalue weighted by Crippen LogP contribution is 2.18. The van der Waals surface area contributed by atoms with Crippen LogP contribution in [-0.2, 0) is 0 Å². The lowest BCUT2D eigenvalue weighted by Gasteiger charge is -2.29. The average molecular weight is 319 g/mol. The Balaban J connectivity index is 1.85. The number of rotatable bonds is 7. The number of benzene rings is 1. The van der Waals surface area contributed by atoms with Crippen molar-refractivity contribution < 1.29 is 9.53 Å². The Morgan fingerprint density at radius 1 is 1.30 bits per heavy atom. The summed E-state index contributed by atoms with van der Waals surface area (Å²) in [4.78, 5) is 14.6. The molecule has 1 aromatic carbocycles. The number of hydrogen-bond acceptors (Lipinski definition) is 3. The number of anilines is 1. The second-order valence-electron chi connectivity index (χ2n) is 6.59. The number of amides is 2. The molecule has 5 nitrogen and oxygen atoms in total. The molecule has 0 saturated carbocycles. The molecule has 1 fully saturated rings. The first-order chi connectivity index (χ1) is 11.1. The molecule has 2 amide bonds. The monoisotopic (exact) mass is 319 g/mol. The summed E-state index contributed by atoms with van der Waals surface area (Å²) in [7, 11) is 1.62. The zero-order valence-corrected chi connectivity index (χ0v) is 14.5. The van der Waals surface area contributed by atoms with Gasteiger partial charge in [-0.2, -0.15) is 0 Å². The fraction of sp³-hybridized carbons (Fsp3) is 0.611. The summed E-state index contributed by atoms with van der Waals surface area (Å²) in [6.07, 6.45) is 3.65. The molecule has 1 saturated heterocycles. The van der Waals surface area contributed by atoms with Gasteiger partial charge in [-0.1, -0.05) is 19.9 Å². The molecule has 0 unspecified atom stereocenters. The van der Waals surface area contributed by atoms with Gasteiger partial charge in [-0.15, -0.1) is 0 Å². The van der Waals surface area contributed by atoms with Crippen LogP contribution < -0.4 is 15.4 Å². The molecule has 2 rings (SSSR count). The average Bonchev–Trinajstić information content (AvgIpc) is 3.05. The summed E-state index contributed by atoms with van der Waals surface area (Å²) in [6, 6.07) is 7.65. The fourth-order valence-electron chi connectivity index (χ4n) is 3.10. The van der Waals surface area contributed by atoms with Gasteiger partial charge < -0.3 is 15.4 Å². The van der Waals surface area contributed by atoms with Crippen molar-refractivity contribution in [3.05, 3.63) is 24.3 Å². The number of likely N-dealkylation sites (tertiary alicyclic amines) is 1. The molecule has 1 heterocycles. The molecule has 0 aromatic heterocycles. The SMILES string of the molecule is COc1cccc(NC(=O)NC[C@H](CC(C)C)N2CCCC2)c1. The summed E-state index contributed by atoms with van der Waals surface area (Å²) in [5, 5.41) is 5.89. The van der Waals surface area contributed by atoms with Crippen molar-refractivity contribution in [1.82, 2.24) is 10.2 Å². The van der Waals surface area contributed by atoms with Gasteiger partial charge >= 0.3 is 6.03 Å². The van der Waals surface area contributed by atoms with Crippen LogP contribution in [0.5, 0.6) is 5.75 Å². The molecular formula is C18H29N3O2. The van der Waals surface area contributed by atoms with E-state index in [9.17, 15) is 4.79 Å². The van der Waals surface area contributed by atoms with Crippen molar-refractivity contribution in [3.8, 4) is 5.75 Å². The quantitative estimate of drug-likeness (QED) is 0.810. The van der Waals surface area contributed by atoms with Crippen molar-refractivity contribution in [2.45, 2.75) is 39.2 Å². The van der Waals surface area contributed by atoms with E-state index < -0.39 is 0 Å². The Morgan fingerprint density at radius 2 is 2.04 bits per heavy atom. The molecule has 0 spiro atoms. The minimum atomic E-state index is -0.161. The number of carbonyl (C=O) groups is 1. The van der Waals surface area contributed by atoms with Crippen LogP contribution in [0.3, 0.4) is 0 Å². The van der Waals surface area contributed by atoms with E-state index in [1.165, 1.54) is 12.8 Å². The maximum absolute atomic E-state index is 12.1. The van der Waals surface area contributed by atoms with E-state index in [1.807, 2.05) is 24.3 Å². The van der Waals surface area contributed by atoms with Crippen molar-refractivity contribution in [3.63, 3.8) is 0 Å². The Kier molecular flexibility index (Phi) is 6.71. The molecular weight excluding hydrogens is 290 g/mol. The van der Waals surface area contributed by atoms with E-state index in [0.29, 0.717) is 18.5 Å². The number of nitrogens with zero attached hydrogens (tertiary/aromatic N) is 1. The van der Waals surface area contributed by atoms with E-state index >= 15 is 0 Å². The molecule has 5 heteroatoms. The predicted molar refractivity (Wildman–Crippen MR) is 94.1 cm³/mol. The Hall–Kier alpha value is -1.75. The smallest absolute Gasteiger partial charge is 0.319 e. The minimum Gasteiger partial charge on any atom is -0.497 e. The molecule has 2 N–H and O–H groups in total. The third-order valence-corrected chi connectivity index (χ3v) is 4.23. The van der Waals surface area contributed by atoms with E-state index in [1.54, 1.807) is 7.11 Å². The zero-order chi connectivity index (χ0) is 16.7. The summed E-state index contributed by atoms with van der Waals surface area (Å²) in [5.41, 5.74) is 0.739. The van der Waals surface area contributed by atoms with Crippen molar-refractivity contribution in [2.24, 2.45) is 5.92 Å². The van der Waals surface area contributed by atoms with Crippen LogP contribution >= 0.6 is 0 Å². The molecule has 1 atom stereocenters. The lowest BCUT2D eigenvalue weighted by molar-refractivity contribution is 0.204. The highest BCUT2D eigenvalue weighted by Gasteiger charge is 2.23. The van der Waals surface area contributed by atoms with Crippen LogP contribution in [0.2, 0.25) is 0 Å². The lowest BCUT2D eigenvalue weighted by Crippen LogP contribution is -2.44. The Morgan fingerprint density at radius 3 is 2.70 bits per heavy atom. The van der Waals surface area contributed by atoms with Gasteiger partial charge in [0.1, 0.15) is 5.75 Å². The van der Waals surface area contributed by atoms with Gasteiger partial charge in [0, 0.05) is 24.3 Å². The molecule has 0 bridgehead atoms. The van der Waals surface area contributed by atoms with E-state index in [-0.39, 0.29) is 6.03 Å². The molecule has 23 heavy (non-hydrogen) atoms. The summed E-state index contributed by atoms with van der Waals surface area (Å²) in [6.45, 7) is 7.46. The number of nitrogens with one attached hydrogen (secondary N) is 2. The molecule has 1 aromatic rings. The number of hydrogen-bond donors (Lipinski definition) is 2. The second-order valence-corrected chi connectivity index (χ2v) is 6.59. The Bertz CT molecular complexity index is 499. The number of methoxy groups -OCH3 is 1. The van der Waals surface area contributed by atoms with Crippen LogP contribution in [0.15, 0.2) is 24.3 Å². The third-order valence-electron chi connectivity index (χ3n) is 4.23. The molecule has 0 radical (unpaired) electrons. The number of ether oxygens (including phenoxy) is 1.